The van der Waals surface area contributed by atoms with Crippen LogP contribution in [-0.4, -0.2) is 25.1 Å². The minimum absolute atomic E-state index is 0.540. The maximum atomic E-state index is 5.79. The molecule has 3 N–H and O–H groups in total. The second-order valence-electron chi connectivity index (χ2n) is 4.05. The van der Waals surface area contributed by atoms with Gasteiger partial charge in [-0.25, -0.2) is 4.63 Å². The van der Waals surface area contributed by atoms with Crippen molar-refractivity contribution in [3.05, 3.63) is 24.3 Å². The quantitative estimate of drug-likeness (QED) is 0.673. The molecule has 0 radical (unpaired) electrons. The Morgan fingerprint density at radius 2 is 2.16 bits per heavy atom. The fourth-order valence-electron chi connectivity index (χ4n) is 1.88. The average Bonchev–Trinajstić information content (AvgIpc) is 3.07. The molecule has 0 spiro atoms. The monoisotopic (exact) mass is 259 g/mol. The minimum Gasteiger partial charge on any atom is -0.397 e. The fraction of sp³-hybridized carbons (Fsp3) is 0.273. The van der Waals surface area contributed by atoms with Crippen LogP contribution < -0.4 is 11.1 Å². The summed E-state index contributed by atoms with van der Waals surface area (Å²) in [5, 5.41) is 18.8. The minimum atomic E-state index is 0.540. The number of nitrogens with zero attached hydrogens (tertiary/aromatic N) is 5. The van der Waals surface area contributed by atoms with Gasteiger partial charge in [0.05, 0.1) is 17.9 Å². The van der Waals surface area contributed by atoms with Crippen LogP contribution in [0.4, 0.5) is 11.4 Å². The van der Waals surface area contributed by atoms with Crippen molar-refractivity contribution in [2.45, 2.75) is 20.0 Å². The van der Waals surface area contributed by atoms with Crippen molar-refractivity contribution >= 4 is 22.4 Å². The Morgan fingerprint density at radius 3 is 3.00 bits per heavy atom. The molecule has 0 aliphatic rings. The normalized spacial score (nSPS) is 11.0. The molecule has 0 saturated heterocycles. The molecule has 8 heteroatoms. The van der Waals surface area contributed by atoms with Gasteiger partial charge in [0.1, 0.15) is 6.33 Å². The Labute approximate surface area is 108 Å². The fourth-order valence-corrected chi connectivity index (χ4v) is 1.88. The van der Waals surface area contributed by atoms with Crippen LogP contribution in [-0.2, 0) is 13.1 Å². The molecule has 98 valence electrons. The zero-order chi connectivity index (χ0) is 13.2. The molecule has 8 nitrogen and oxygen atoms in total. The predicted octanol–water partition coefficient (Wildman–Crippen LogP) is 1.03. The van der Waals surface area contributed by atoms with E-state index in [0.29, 0.717) is 23.3 Å². The summed E-state index contributed by atoms with van der Waals surface area (Å²) in [6.07, 6.45) is 1.70. The van der Waals surface area contributed by atoms with Gasteiger partial charge in [0.15, 0.2) is 16.9 Å². The molecular weight excluding hydrogens is 246 g/mol. The van der Waals surface area contributed by atoms with E-state index >= 15 is 0 Å². The van der Waals surface area contributed by atoms with E-state index in [4.69, 9.17) is 10.4 Å². The lowest BCUT2D eigenvalue weighted by Crippen LogP contribution is -2.08. The number of aromatic nitrogens is 5. The van der Waals surface area contributed by atoms with Crippen LogP contribution in [0.1, 0.15) is 12.7 Å². The molecule has 3 rings (SSSR count). The third-order valence-corrected chi connectivity index (χ3v) is 2.92. The van der Waals surface area contributed by atoms with E-state index in [9.17, 15) is 0 Å². The number of nitrogens with one attached hydrogen (secondary N) is 1. The van der Waals surface area contributed by atoms with Gasteiger partial charge in [0.25, 0.3) is 0 Å². The Hall–Kier alpha value is -2.64. The first kappa shape index (κ1) is 11.5. The van der Waals surface area contributed by atoms with Crippen molar-refractivity contribution in [1.29, 1.82) is 0 Å². The molecule has 0 atom stereocenters. The number of fused-ring (bicyclic) bond motifs is 1. The molecule has 1 aromatic carbocycles. The second kappa shape index (κ2) is 4.56. The molecule has 0 fully saturated rings. The first-order chi connectivity index (χ1) is 9.29. The zero-order valence-corrected chi connectivity index (χ0v) is 10.4. The average molecular weight is 259 g/mol. The van der Waals surface area contributed by atoms with Crippen LogP contribution in [0.15, 0.2) is 23.1 Å². The maximum Gasteiger partial charge on any atom is 0.160 e. The smallest absolute Gasteiger partial charge is 0.160 e. The van der Waals surface area contributed by atoms with E-state index in [-0.39, 0.29) is 0 Å². The van der Waals surface area contributed by atoms with Crippen LogP contribution in [0.2, 0.25) is 0 Å². The Bertz CT molecular complexity index is 702. The van der Waals surface area contributed by atoms with Gasteiger partial charge >= 0.3 is 0 Å². The third kappa shape index (κ3) is 1.96. The molecule has 0 aliphatic carbocycles. The molecule has 2 aromatic heterocycles. The van der Waals surface area contributed by atoms with E-state index in [1.54, 1.807) is 12.4 Å². The van der Waals surface area contributed by atoms with Gasteiger partial charge in [0.2, 0.25) is 0 Å². The molecule has 0 bridgehead atoms. The van der Waals surface area contributed by atoms with Gasteiger partial charge in [-0.2, -0.15) is 0 Å². The van der Waals surface area contributed by atoms with Crippen molar-refractivity contribution in [2.75, 3.05) is 11.1 Å². The summed E-state index contributed by atoms with van der Waals surface area (Å²) in [7, 11) is 0. The highest BCUT2D eigenvalue weighted by Gasteiger charge is 2.10. The van der Waals surface area contributed by atoms with Crippen molar-refractivity contribution < 1.29 is 4.63 Å². The Morgan fingerprint density at radius 1 is 1.32 bits per heavy atom. The summed E-state index contributed by atoms with van der Waals surface area (Å²) in [5.41, 5.74) is 8.30. The summed E-state index contributed by atoms with van der Waals surface area (Å²) >= 11 is 0. The van der Waals surface area contributed by atoms with Gasteiger partial charge in [-0.3, -0.25) is 0 Å². The lowest BCUT2D eigenvalue weighted by atomic mass is 10.2. The first-order valence-electron chi connectivity index (χ1n) is 5.91. The van der Waals surface area contributed by atoms with E-state index in [1.807, 2.05) is 17.6 Å². The molecule has 3 aromatic rings. The topological polar surface area (TPSA) is 108 Å². The summed E-state index contributed by atoms with van der Waals surface area (Å²) in [4.78, 5) is 0. The Kier molecular flexibility index (Phi) is 2.75. The molecular formula is C11H13N7O. The van der Waals surface area contributed by atoms with Gasteiger partial charge < -0.3 is 15.6 Å². The van der Waals surface area contributed by atoms with Crippen LogP contribution in [0.5, 0.6) is 0 Å². The number of nitrogen functional groups attached to an aromatic ring is 1. The third-order valence-electron chi connectivity index (χ3n) is 2.92. The van der Waals surface area contributed by atoms with Crippen LogP contribution >= 0.6 is 0 Å². The van der Waals surface area contributed by atoms with Crippen molar-refractivity contribution in [3.63, 3.8) is 0 Å². The van der Waals surface area contributed by atoms with Crippen molar-refractivity contribution in [2.24, 2.45) is 0 Å². The van der Waals surface area contributed by atoms with Gasteiger partial charge in [0, 0.05) is 6.54 Å². The number of hydrogen-bond donors (Lipinski definition) is 2. The lowest BCUT2D eigenvalue weighted by Gasteiger charge is -2.07. The first-order valence-corrected chi connectivity index (χ1v) is 5.91. The lowest BCUT2D eigenvalue weighted by molar-refractivity contribution is 0.315. The highest BCUT2D eigenvalue weighted by Crippen LogP contribution is 2.25. The van der Waals surface area contributed by atoms with E-state index in [2.05, 4.69) is 25.8 Å². The summed E-state index contributed by atoms with van der Waals surface area (Å²) in [5.74, 6) is 0.851. The number of anilines is 2. The number of aryl methyl sites for hydroxylation is 1. The Balaban J connectivity index is 1.86. The summed E-state index contributed by atoms with van der Waals surface area (Å²) in [6, 6.07) is 3.61. The highest BCUT2D eigenvalue weighted by molar-refractivity contribution is 5.94. The molecule has 2 heterocycles. The van der Waals surface area contributed by atoms with Gasteiger partial charge in [-0.1, -0.05) is 0 Å². The van der Waals surface area contributed by atoms with E-state index in [0.717, 1.165) is 18.1 Å². The van der Waals surface area contributed by atoms with Crippen molar-refractivity contribution in [1.82, 2.24) is 25.1 Å². The molecule has 0 aliphatic heterocycles. The standard InChI is InChI=1S/C11H13N7O/c1-2-18-6-14-15-9(18)5-13-8-4-3-7(12)10-11(8)17-19-16-10/h3-4,6,13H,2,5,12H2,1H3. The predicted molar refractivity (Wildman–Crippen MR) is 69.2 cm³/mol. The van der Waals surface area contributed by atoms with Gasteiger partial charge in [-0.05, 0) is 29.4 Å². The number of rotatable bonds is 4. The van der Waals surface area contributed by atoms with Crippen LogP contribution in [0.25, 0.3) is 11.0 Å². The van der Waals surface area contributed by atoms with E-state index < -0.39 is 0 Å². The molecule has 0 amide bonds. The number of nitrogens with two attached hydrogens (primary N) is 1. The molecule has 19 heavy (non-hydrogen) atoms. The highest BCUT2D eigenvalue weighted by atomic mass is 16.6. The second-order valence-corrected chi connectivity index (χ2v) is 4.05. The van der Waals surface area contributed by atoms with Crippen LogP contribution in [0.3, 0.4) is 0 Å². The molecule has 0 saturated carbocycles. The SMILES string of the molecule is CCn1cnnc1CNc1ccc(N)c2nonc12. The maximum absolute atomic E-state index is 5.79. The summed E-state index contributed by atoms with van der Waals surface area (Å²) in [6.45, 7) is 3.40. The summed E-state index contributed by atoms with van der Waals surface area (Å²) < 4.78 is 6.68. The van der Waals surface area contributed by atoms with Crippen LogP contribution in [0, 0.1) is 0 Å². The molecule has 0 unspecified atom stereocenters. The number of benzene rings is 1. The largest absolute Gasteiger partial charge is 0.397 e. The zero-order valence-electron chi connectivity index (χ0n) is 10.4. The number of hydrogen-bond acceptors (Lipinski definition) is 7. The van der Waals surface area contributed by atoms with Crippen molar-refractivity contribution in [3.8, 4) is 0 Å². The van der Waals surface area contributed by atoms with Gasteiger partial charge in [-0.15, -0.1) is 10.2 Å². The van der Waals surface area contributed by atoms with E-state index in [1.165, 1.54) is 0 Å².